The second-order valence-electron chi connectivity index (χ2n) is 7.08. The van der Waals surface area contributed by atoms with Crippen LogP contribution in [0.3, 0.4) is 0 Å². The van der Waals surface area contributed by atoms with Gasteiger partial charge in [-0.25, -0.2) is 19.6 Å². The molecule has 4 heterocycles. The van der Waals surface area contributed by atoms with Crippen LogP contribution >= 0.6 is 0 Å². The number of hydrogen-bond donors (Lipinski definition) is 2. The van der Waals surface area contributed by atoms with E-state index in [9.17, 15) is 18.3 Å². The number of nitrogens with one attached hydrogen (secondary N) is 1. The molecule has 1 unspecified atom stereocenters. The molecule has 1 aliphatic rings. The number of alkyl halides is 3. The first-order chi connectivity index (χ1) is 13.9. The van der Waals surface area contributed by atoms with E-state index in [1.807, 2.05) is 0 Å². The Bertz CT molecular complexity index is 1180. The lowest BCUT2D eigenvalue weighted by molar-refractivity contribution is -0.275. The number of aromatic amines is 1. The van der Waals surface area contributed by atoms with Crippen molar-refractivity contribution in [3.8, 4) is 16.9 Å². The van der Waals surface area contributed by atoms with Crippen LogP contribution in [0.2, 0.25) is 0 Å². The zero-order valence-electron chi connectivity index (χ0n) is 14.9. The van der Waals surface area contributed by atoms with Crippen LogP contribution in [0.25, 0.3) is 28.1 Å². The predicted octanol–water partition coefficient (Wildman–Crippen LogP) is 3.37. The Morgan fingerprint density at radius 3 is 2.59 bits per heavy atom. The van der Waals surface area contributed by atoms with Gasteiger partial charge in [0.2, 0.25) is 0 Å². The van der Waals surface area contributed by atoms with E-state index in [2.05, 4.69) is 25.0 Å². The third-order valence-electron chi connectivity index (χ3n) is 5.24. The molecule has 4 aromatic heterocycles. The molecule has 1 atom stereocenters. The minimum atomic E-state index is -4.76. The number of rotatable bonds is 4. The molecule has 7 nitrogen and oxygen atoms in total. The van der Waals surface area contributed by atoms with Crippen molar-refractivity contribution in [2.45, 2.75) is 24.6 Å². The number of fused-ring (bicyclic) bond motifs is 1. The fraction of sp³-hybridized carbons (Fsp3) is 0.263. The Morgan fingerprint density at radius 2 is 1.90 bits per heavy atom. The maximum absolute atomic E-state index is 13.5. The summed E-state index contributed by atoms with van der Waals surface area (Å²) in [5.74, 6) is -0.484. The summed E-state index contributed by atoms with van der Waals surface area (Å²) in [4.78, 5) is 15.5. The first-order valence-electron chi connectivity index (χ1n) is 8.97. The third-order valence-corrected chi connectivity index (χ3v) is 5.24. The molecule has 0 saturated heterocycles. The van der Waals surface area contributed by atoms with Crippen LogP contribution in [-0.2, 0) is 5.60 Å². The summed E-state index contributed by atoms with van der Waals surface area (Å²) < 4.78 is 41.9. The van der Waals surface area contributed by atoms with Gasteiger partial charge in [-0.05, 0) is 25.0 Å². The van der Waals surface area contributed by atoms with Gasteiger partial charge in [0.05, 0.1) is 12.5 Å². The van der Waals surface area contributed by atoms with Crippen LogP contribution in [0.5, 0.6) is 0 Å². The fourth-order valence-corrected chi connectivity index (χ4v) is 3.55. The zero-order valence-corrected chi connectivity index (χ0v) is 14.9. The van der Waals surface area contributed by atoms with Gasteiger partial charge in [0, 0.05) is 41.2 Å². The molecular formula is C19H15F3N6O. The lowest BCUT2D eigenvalue weighted by atomic mass is 9.89. The van der Waals surface area contributed by atoms with E-state index in [-0.39, 0.29) is 5.56 Å². The molecule has 0 aromatic carbocycles. The molecule has 1 fully saturated rings. The van der Waals surface area contributed by atoms with Crippen molar-refractivity contribution in [3.63, 3.8) is 0 Å². The van der Waals surface area contributed by atoms with Crippen LogP contribution in [0.1, 0.15) is 18.4 Å². The number of H-pyrrole nitrogens is 1. The van der Waals surface area contributed by atoms with Crippen molar-refractivity contribution in [2.75, 3.05) is 0 Å². The average Bonchev–Trinajstić information content (AvgIpc) is 3.25. The van der Waals surface area contributed by atoms with Crippen LogP contribution in [-0.4, -0.2) is 41.0 Å². The maximum atomic E-state index is 13.5. The number of aliphatic hydroxyl groups is 1. The molecule has 0 spiro atoms. The summed E-state index contributed by atoms with van der Waals surface area (Å²) in [5, 5.41) is 14.6. The van der Waals surface area contributed by atoms with Gasteiger partial charge < -0.3 is 10.1 Å². The van der Waals surface area contributed by atoms with Crippen molar-refractivity contribution < 1.29 is 18.3 Å². The molecule has 0 bridgehead atoms. The summed E-state index contributed by atoms with van der Waals surface area (Å²) in [6.07, 6.45) is 3.52. The minimum absolute atomic E-state index is 0.254. The summed E-state index contributed by atoms with van der Waals surface area (Å²) >= 11 is 0. The number of pyridine rings is 2. The van der Waals surface area contributed by atoms with Crippen molar-refractivity contribution in [3.05, 3.63) is 54.9 Å². The zero-order chi connectivity index (χ0) is 20.2. The largest absolute Gasteiger partial charge is 0.421 e. The SMILES string of the molecule is OC(c1ccc(-n2cc(-c3ccnc4[nH]cnc34)cn2)nc1)(C1CC1)C(F)(F)F. The molecule has 1 aliphatic carbocycles. The van der Waals surface area contributed by atoms with Crippen molar-refractivity contribution in [1.82, 2.24) is 29.7 Å². The molecule has 29 heavy (non-hydrogen) atoms. The van der Waals surface area contributed by atoms with E-state index >= 15 is 0 Å². The van der Waals surface area contributed by atoms with Crippen LogP contribution in [0, 0.1) is 5.92 Å². The van der Waals surface area contributed by atoms with Gasteiger partial charge in [0.25, 0.3) is 0 Å². The lowest BCUT2D eigenvalue weighted by Gasteiger charge is -2.30. The van der Waals surface area contributed by atoms with Gasteiger partial charge in [0.15, 0.2) is 17.1 Å². The monoisotopic (exact) mass is 400 g/mol. The number of imidazole rings is 1. The molecular weight excluding hydrogens is 385 g/mol. The lowest BCUT2D eigenvalue weighted by Crippen LogP contribution is -2.44. The highest BCUT2D eigenvalue weighted by molar-refractivity contribution is 5.88. The molecule has 1 saturated carbocycles. The highest BCUT2D eigenvalue weighted by Crippen LogP contribution is 2.54. The topological polar surface area (TPSA) is 92.5 Å². The van der Waals surface area contributed by atoms with Crippen molar-refractivity contribution >= 4 is 11.2 Å². The first kappa shape index (κ1) is 17.8. The Balaban J connectivity index is 1.48. The molecule has 2 N–H and O–H groups in total. The third kappa shape index (κ3) is 2.79. The van der Waals surface area contributed by atoms with Gasteiger partial charge in [0.1, 0.15) is 5.52 Å². The molecule has 5 rings (SSSR count). The van der Waals surface area contributed by atoms with E-state index in [0.717, 1.165) is 17.3 Å². The van der Waals surface area contributed by atoms with Gasteiger partial charge in [-0.3, -0.25) is 0 Å². The van der Waals surface area contributed by atoms with Crippen LogP contribution < -0.4 is 0 Å². The van der Waals surface area contributed by atoms with E-state index in [0.29, 0.717) is 29.8 Å². The predicted molar refractivity (Wildman–Crippen MR) is 96.9 cm³/mol. The molecule has 10 heteroatoms. The number of aromatic nitrogens is 6. The van der Waals surface area contributed by atoms with E-state index in [1.54, 1.807) is 31.0 Å². The normalized spacial score (nSPS) is 16.8. The number of halogens is 3. The van der Waals surface area contributed by atoms with Crippen LogP contribution in [0.4, 0.5) is 13.2 Å². The van der Waals surface area contributed by atoms with E-state index in [4.69, 9.17) is 0 Å². The Labute approximate surface area is 162 Å². The van der Waals surface area contributed by atoms with Crippen molar-refractivity contribution in [2.24, 2.45) is 5.92 Å². The molecule has 0 radical (unpaired) electrons. The Kier molecular flexibility index (Phi) is 3.75. The Hall–Kier alpha value is -3.27. The molecule has 0 aliphatic heterocycles. The highest BCUT2D eigenvalue weighted by atomic mass is 19.4. The average molecular weight is 400 g/mol. The second kappa shape index (κ2) is 6.11. The molecule has 0 amide bonds. The number of nitrogens with zero attached hydrogens (tertiary/aromatic N) is 5. The summed E-state index contributed by atoms with van der Waals surface area (Å²) in [5.41, 5.74) is -0.203. The van der Waals surface area contributed by atoms with Crippen LogP contribution in [0.15, 0.2) is 49.3 Å². The molecule has 4 aromatic rings. The van der Waals surface area contributed by atoms with Gasteiger partial charge in [-0.2, -0.15) is 18.3 Å². The van der Waals surface area contributed by atoms with Gasteiger partial charge in [-0.15, -0.1) is 0 Å². The number of hydrogen-bond acceptors (Lipinski definition) is 5. The van der Waals surface area contributed by atoms with Crippen molar-refractivity contribution in [1.29, 1.82) is 0 Å². The standard InChI is InChI=1S/C19H15F3N6O/c20-19(21,22)18(29,12-1-2-12)13-3-4-15(24-8-13)28-9-11(7-27-28)14-5-6-23-17-16(14)25-10-26-17/h3-10,12,29H,1-2H2,(H,23,25,26). The quantitative estimate of drug-likeness (QED) is 0.548. The Morgan fingerprint density at radius 1 is 1.07 bits per heavy atom. The smallest absolute Gasteiger partial charge is 0.376 e. The summed E-state index contributed by atoms with van der Waals surface area (Å²) in [6.45, 7) is 0. The maximum Gasteiger partial charge on any atom is 0.421 e. The highest BCUT2D eigenvalue weighted by Gasteiger charge is 2.62. The fourth-order valence-electron chi connectivity index (χ4n) is 3.55. The van der Waals surface area contributed by atoms with E-state index < -0.39 is 17.7 Å². The molecule has 148 valence electrons. The minimum Gasteiger partial charge on any atom is -0.376 e. The van der Waals surface area contributed by atoms with Gasteiger partial charge in [-0.1, -0.05) is 6.07 Å². The van der Waals surface area contributed by atoms with E-state index in [1.165, 1.54) is 16.8 Å². The first-order valence-corrected chi connectivity index (χ1v) is 8.97. The summed E-state index contributed by atoms with van der Waals surface area (Å²) in [7, 11) is 0. The second-order valence-corrected chi connectivity index (χ2v) is 7.08. The van der Waals surface area contributed by atoms with Gasteiger partial charge >= 0.3 is 6.18 Å². The summed E-state index contributed by atoms with van der Waals surface area (Å²) in [6, 6.07) is 4.48.